The minimum atomic E-state index is -0.0954. The van der Waals surface area contributed by atoms with Gasteiger partial charge in [-0.2, -0.15) is 0 Å². The highest BCUT2D eigenvalue weighted by molar-refractivity contribution is 5.73. The van der Waals surface area contributed by atoms with Crippen LogP contribution in [0.2, 0.25) is 0 Å². The molecule has 0 saturated carbocycles. The molecule has 0 atom stereocenters. The van der Waals surface area contributed by atoms with E-state index in [9.17, 15) is 4.79 Å². The van der Waals surface area contributed by atoms with E-state index in [4.69, 9.17) is 5.73 Å². The lowest BCUT2D eigenvalue weighted by Gasteiger charge is -2.09. The fourth-order valence-electron chi connectivity index (χ4n) is 0.784. The first kappa shape index (κ1) is 11.2. The molecule has 0 aromatic heterocycles. The minimum absolute atomic E-state index is 0.0954. The molecule has 0 spiro atoms. The molecule has 4 heteroatoms. The molecular formula is C8H19N3O. The number of amides is 2. The Morgan fingerprint density at radius 3 is 2.58 bits per heavy atom. The van der Waals surface area contributed by atoms with Crippen LogP contribution in [0.5, 0.6) is 0 Å². The lowest BCUT2D eigenvalue weighted by Crippen LogP contribution is -2.39. The van der Waals surface area contributed by atoms with E-state index < -0.39 is 0 Å². The number of urea groups is 1. The number of rotatable bonds is 5. The summed E-state index contributed by atoms with van der Waals surface area (Å²) >= 11 is 0. The summed E-state index contributed by atoms with van der Waals surface area (Å²) < 4.78 is 0. The van der Waals surface area contributed by atoms with Gasteiger partial charge in [0.1, 0.15) is 0 Å². The maximum Gasteiger partial charge on any atom is 0.314 e. The normalized spacial score (nSPS) is 10.0. The van der Waals surface area contributed by atoms with Crippen LogP contribution >= 0.6 is 0 Å². The monoisotopic (exact) mass is 173 g/mol. The fourth-order valence-corrected chi connectivity index (χ4v) is 0.784. The Labute approximate surface area is 73.9 Å². The molecule has 0 rings (SSSR count). The van der Waals surface area contributed by atoms with Crippen LogP contribution in [-0.2, 0) is 0 Å². The standard InChI is InChI=1S/C8H19N3O/c1-7(2)11-8(12)10-6-4-3-5-9/h7H,3-6,9H2,1-2H3,(H2,10,11,12). The summed E-state index contributed by atoms with van der Waals surface area (Å²) in [7, 11) is 0. The van der Waals surface area contributed by atoms with Crippen LogP contribution in [0.15, 0.2) is 0 Å². The summed E-state index contributed by atoms with van der Waals surface area (Å²) in [6.45, 7) is 5.25. The van der Waals surface area contributed by atoms with Crippen LogP contribution in [0.25, 0.3) is 0 Å². The van der Waals surface area contributed by atoms with Gasteiger partial charge < -0.3 is 16.4 Å². The van der Waals surface area contributed by atoms with Crippen molar-refractivity contribution in [3.8, 4) is 0 Å². The van der Waals surface area contributed by atoms with Gasteiger partial charge in [0, 0.05) is 12.6 Å². The van der Waals surface area contributed by atoms with Gasteiger partial charge in [-0.15, -0.1) is 0 Å². The van der Waals surface area contributed by atoms with E-state index >= 15 is 0 Å². The smallest absolute Gasteiger partial charge is 0.314 e. The van der Waals surface area contributed by atoms with Crippen molar-refractivity contribution >= 4 is 6.03 Å². The summed E-state index contributed by atoms with van der Waals surface area (Å²) in [6.07, 6.45) is 1.91. The Hall–Kier alpha value is -0.770. The molecule has 0 aromatic carbocycles. The van der Waals surface area contributed by atoms with Crippen molar-refractivity contribution in [3.05, 3.63) is 0 Å². The minimum Gasteiger partial charge on any atom is -0.338 e. The number of carbonyl (C=O) groups excluding carboxylic acids is 1. The maximum absolute atomic E-state index is 11.0. The Bertz CT molecular complexity index is 125. The summed E-state index contributed by atoms with van der Waals surface area (Å²) in [4.78, 5) is 11.0. The molecule has 0 aliphatic heterocycles. The number of nitrogens with one attached hydrogen (secondary N) is 2. The van der Waals surface area contributed by atoms with Crippen LogP contribution in [0.3, 0.4) is 0 Å². The highest BCUT2D eigenvalue weighted by atomic mass is 16.2. The van der Waals surface area contributed by atoms with E-state index in [0.717, 1.165) is 12.8 Å². The molecule has 0 aliphatic rings. The molecule has 72 valence electrons. The number of nitrogens with two attached hydrogens (primary N) is 1. The predicted octanol–water partition coefficient (Wildman–Crippen LogP) is 0.433. The lowest BCUT2D eigenvalue weighted by atomic mass is 10.3. The first-order chi connectivity index (χ1) is 5.66. The summed E-state index contributed by atoms with van der Waals surface area (Å²) in [5.74, 6) is 0. The first-order valence-corrected chi connectivity index (χ1v) is 4.41. The molecule has 0 fully saturated rings. The van der Waals surface area contributed by atoms with Crippen LogP contribution in [-0.4, -0.2) is 25.2 Å². The SMILES string of the molecule is CC(C)NC(=O)NCCCCN. The van der Waals surface area contributed by atoms with Gasteiger partial charge in [-0.25, -0.2) is 4.79 Å². The van der Waals surface area contributed by atoms with Crippen LogP contribution in [0.4, 0.5) is 4.79 Å². The maximum atomic E-state index is 11.0. The Morgan fingerprint density at radius 2 is 2.08 bits per heavy atom. The quantitative estimate of drug-likeness (QED) is 0.528. The van der Waals surface area contributed by atoms with Crippen LogP contribution < -0.4 is 16.4 Å². The van der Waals surface area contributed by atoms with Crippen LogP contribution in [0, 0.1) is 0 Å². The number of carbonyl (C=O) groups is 1. The Balaban J connectivity index is 3.20. The third kappa shape index (κ3) is 7.34. The van der Waals surface area contributed by atoms with Gasteiger partial charge in [-0.1, -0.05) is 0 Å². The lowest BCUT2D eigenvalue weighted by molar-refractivity contribution is 0.238. The van der Waals surface area contributed by atoms with Crippen LogP contribution in [0.1, 0.15) is 26.7 Å². The average Bonchev–Trinajstić information content (AvgIpc) is 1.97. The third-order valence-corrected chi connectivity index (χ3v) is 1.34. The summed E-state index contributed by atoms with van der Waals surface area (Å²) in [6, 6.07) is 0.0986. The molecule has 0 aromatic rings. The summed E-state index contributed by atoms with van der Waals surface area (Å²) in [5.41, 5.74) is 5.30. The van der Waals surface area contributed by atoms with Gasteiger partial charge in [0.25, 0.3) is 0 Å². The van der Waals surface area contributed by atoms with Gasteiger partial charge in [0.05, 0.1) is 0 Å². The largest absolute Gasteiger partial charge is 0.338 e. The Kier molecular flexibility index (Phi) is 6.47. The molecule has 0 saturated heterocycles. The molecule has 0 aliphatic carbocycles. The molecule has 0 radical (unpaired) electrons. The van der Waals surface area contributed by atoms with E-state index in [1.807, 2.05) is 13.8 Å². The average molecular weight is 173 g/mol. The molecule has 0 unspecified atom stereocenters. The molecule has 4 N–H and O–H groups in total. The van der Waals surface area contributed by atoms with E-state index in [0.29, 0.717) is 13.1 Å². The zero-order valence-electron chi connectivity index (χ0n) is 7.89. The highest BCUT2D eigenvalue weighted by Crippen LogP contribution is 1.82. The van der Waals surface area contributed by atoms with Gasteiger partial charge in [-0.05, 0) is 33.2 Å². The van der Waals surface area contributed by atoms with Crippen molar-refractivity contribution in [1.29, 1.82) is 0 Å². The molecule has 2 amide bonds. The van der Waals surface area contributed by atoms with Crippen molar-refractivity contribution in [2.45, 2.75) is 32.7 Å². The molecule has 12 heavy (non-hydrogen) atoms. The van der Waals surface area contributed by atoms with Crippen molar-refractivity contribution < 1.29 is 4.79 Å². The predicted molar refractivity (Wildman–Crippen MR) is 50.0 cm³/mol. The fraction of sp³-hybridized carbons (Fsp3) is 0.875. The topological polar surface area (TPSA) is 67.2 Å². The van der Waals surface area contributed by atoms with Crippen molar-refractivity contribution in [1.82, 2.24) is 10.6 Å². The molecule has 0 heterocycles. The third-order valence-electron chi connectivity index (χ3n) is 1.34. The molecule has 0 bridgehead atoms. The molecular weight excluding hydrogens is 154 g/mol. The van der Waals surface area contributed by atoms with E-state index in [1.165, 1.54) is 0 Å². The Morgan fingerprint density at radius 1 is 1.42 bits per heavy atom. The second-order valence-corrected chi connectivity index (χ2v) is 3.05. The van der Waals surface area contributed by atoms with E-state index in [2.05, 4.69) is 10.6 Å². The van der Waals surface area contributed by atoms with Gasteiger partial charge in [0.15, 0.2) is 0 Å². The van der Waals surface area contributed by atoms with Crippen molar-refractivity contribution in [2.75, 3.05) is 13.1 Å². The zero-order chi connectivity index (χ0) is 9.40. The molecule has 4 nitrogen and oxygen atoms in total. The number of hydrogen-bond donors (Lipinski definition) is 3. The van der Waals surface area contributed by atoms with Gasteiger partial charge >= 0.3 is 6.03 Å². The summed E-state index contributed by atoms with van der Waals surface area (Å²) in [5, 5.41) is 5.48. The second kappa shape index (κ2) is 6.91. The number of hydrogen-bond acceptors (Lipinski definition) is 2. The zero-order valence-corrected chi connectivity index (χ0v) is 7.89. The number of unbranched alkanes of at least 4 members (excludes halogenated alkanes) is 1. The second-order valence-electron chi connectivity index (χ2n) is 3.05. The van der Waals surface area contributed by atoms with Crippen molar-refractivity contribution in [3.63, 3.8) is 0 Å². The van der Waals surface area contributed by atoms with E-state index in [1.54, 1.807) is 0 Å². The first-order valence-electron chi connectivity index (χ1n) is 4.41. The van der Waals surface area contributed by atoms with Crippen molar-refractivity contribution in [2.24, 2.45) is 5.73 Å². The highest BCUT2D eigenvalue weighted by Gasteiger charge is 1.99. The van der Waals surface area contributed by atoms with Gasteiger partial charge in [0.2, 0.25) is 0 Å². The van der Waals surface area contributed by atoms with Gasteiger partial charge in [-0.3, -0.25) is 0 Å². The van der Waals surface area contributed by atoms with E-state index in [-0.39, 0.29) is 12.1 Å².